The fourth-order valence-electron chi connectivity index (χ4n) is 1.81. The van der Waals surface area contributed by atoms with Crippen molar-refractivity contribution >= 4 is 5.91 Å². The molecule has 1 aromatic carbocycles. The Morgan fingerprint density at radius 1 is 1.47 bits per heavy atom. The number of ether oxygens (including phenoxy) is 1. The Hall–Kier alpha value is -1.55. The minimum absolute atomic E-state index is 0.0889. The molecule has 0 bridgehead atoms. The number of rotatable bonds is 2. The predicted octanol–water partition coefficient (Wildman–Crippen LogP) is 1.56. The van der Waals surface area contributed by atoms with Crippen LogP contribution in [0.15, 0.2) is 18.2 Å². The van der Waals surface area contributed by atoms with Crippen LogP contribution >= 0.6 is 0 Å². The van der Waals surface area contributed by atoms with Gasteiger partial charge in [0.15, 0.2) is 6.73 Å². The van der Waals surface area contributed by atoms with E-state index in [9.17, 15) is 9.90 Å². The molecule has 1 aliphatic heterocycles. The highest BCUT2D eigenvalue weighted by atomic mass is 16.5. The lowest BCUT2D eigenvalue weighted by atomic mass is 10.0. The normalized spacial score (nSPS) is 15.5. The van der Waals surface area contributed by atoms with Gasteiger partial charge in [-0.25, -0.2) is 0 Å². The van der Waals surface area contributed by atoms with E-state index in [2.05, 4.69) is 0 Å². The van der Waals surface area contributed by atoms with Crippen molar-refractivity contribution in [1.82, 2.24) is 4.90 Å². The summed E-state index contributed by atoms with van der Waals surface area (Å²) in [6, 6.07) is 5.54. The van der Waals surface area contributed by atoms with Gasteiger partial charge in [-0.2, -0.15) is 0 Å². The van der Waals surface area contributed by atoms with E-state index < -0.39 is 5.54 Å². The molecule has 0 saturated carbocycles. The largest absolute Gasteiger partial charge is 0.472 e. The summed E-state index contributed by atoms with van der Waals surface area (Å²) >= 11 is 0. The first-order chi connectivity index (χ1) is 7.95. The highest BCUT2D eigenvalue weighted by molar-refractivity contribution is 5.98. The maximum absolute atomic E-state index is 12.3. The number of amides is 1. The fourth-order valence-corrected chi connectivity index (χ4v) is 1.81. The molecular formula is C13H17NO3. The molecule has 2 rings (SSSR count). The van der Waals surface area contributed by atoms with Crippen LogP contribution in [-0.4, -0.2) is 34.8 Å². The number of nitrogens with zero attached hydrogens (tertiary/aromatic N) is 1. The summed E-state index contributed by atoms with van der Waals surface area (Å²) in [7, 11) is 0. The van der Waals surface area contributed by atoms with Gasteiger partial charge in [0.2, 0.25) is 0 Å². The Bertz CT molecular complexity index is 454. The third kappa shape index (κ3) is 2.00. The molecular weight excluding hydrogens is 218 g/mol. The zero-order valence-corrected chi connectivity index (χ0v) is 10.4. The molecule has 1 amide bonds. The molecule has 1 N–H and O–H groups in total. The molecule has 4 heteroatoms. The second-order valence-corrected chi connectivity index (χ2v) is 4.98. The van der Waals surface area contributed by atoms with Gasteiger partial charge in [0.25, 0.3) is 5.91 Å². The number of aliphatic hydroxyl groups is 1. The Labute approximate surface area is 101 Å². The maximum Gasteiger partial charge on any atom is 0.260 e. The Balaban J connectivity index is 2.39. The van der Waals surface area contributed by atoms with E-state index in [0.717, 1.165) is 5.56 Å². The van der Waals surface area contributed by atoms with Crippen LogP contribution in [0, 0.1) is 6.92 Å². The van der Waals surface area contributed by atoms with Gasteiger partial charge in [0, 0.05) is 0 Å². The van der Waals surface area contributed by atoms with E-state index in [1.165, 1.54) is 0 Å². The van der Waals surface area contributed by atoms with Crippen LogP contribution in [0.5, 0.6) is 5.75 Å². The maximum atomic E-state index is 12.3. The molecule has 1 heterocycles. The molecule has 0 unspecified atom stereocenters. The lowest BCUT2D eigenvalue weighted by Gasteiger charge is -2.39. The monoisotopic (exact) mass is 235 g/mol. The zero-order chi connectivity index (χ0) is 12.6. The van der Waals surface area contributed by atoms with Crippen molar-refractivity contribution < 1.29 is 14.6 Å². The number of fused-ring (bicyclic) bond motifs is 1. The van der Waals surface area contributed by atoms with Crippen LogP contribution in [0.2, 0.25) is 0 Å². The topological polar surface area (TPSA) is 49.8 Å². The van der Waals surface area contributed by atoms with E-state index in [1.54, 1.807) is 4.90 Å². The molecule has 17 heavy (non-hydrogen) atoms. The number of aliphatic hydroxyl groups excluding tert-OH is 1. The summed E-state index contributed by atoms with van der Waals surface area (Å²) in [5.74, 6) is 0.527. The molecule has 0 saturated heterocycles. The SMILES string of the molecule is Cc1ccc2c(c1)C(=O)N(C(C)(C)CO)CO2. The van der Waals surface area contributed by atoms with Crippen LogP contribution in [0.25, 0.3) is 0 Å². The van der Waals surface area contributed by atoms with E-state index in [4.69, 9.17) is 4.74 Å². The molecule has 0 atom stereocenters. The van der Waals surface area contributed by atoms with Gasteiger partial charge < -0.3 is 9.84 Å². The predicted molar refractivity (Wildman–Crippen MR) is 64.0 cm³/mol. The number of hydrogen-bond acceptors (Lipinski definition) is 3. The molecule has 0 aromatic heterocycles. The molecule has 0 fully saturated rings. The van der Waals surface area contributed by atoms with Crippen molar-refractivity contribution in [3.05, 3.63) is 29.3 Å². The van der Waals surface area contributed by atoms with Crippen molar-refractivity contribution in [2.45, 2.75) is 26.3 Å². The second kappa shape index (κ2) is 4.04. The average molecular weight is 235 g/mol. The van der Waals surface area contributed by atoms with Crippen LogP contribution in [0.3, 0.4) is 0 Å². The third-order valence-corrected chi connectivity index (χ3v) is 3.08. The number of hydrogen-bond donors (Lipinski definition) is 1. The highest BCUT2D eigenvalue weighted by Gasteiger charge is 2.35. The highest BCUT2D eigenvalue weighted by Crippen LogP contribution is 2.29. The summed E-state index contributed by atoms with van der Waals surface area (Å²) in [5.41, 5.74) is 0.973. The number of benzene rings is 1. The van der Waals surface area contributed by atoms with Gasteiger partial charge in [-0.05, 0) is 32.9 Å². The van der Waals surface area contributed by atoms with Crippen molar-refractivity contribution in [1.29, 1.82) is 0 Å². The molecule has 4 nitrogen and oxygen atoms in total. The first-order valence-corrected chi connectivity index (χ1v) is 5.62. The summed E-state index contributed by atoms with van der Waals surface area (Å²) in [6.45, 7) is 5.65. The first-order valence-electron chi connectivity index (χ1n) is 5.62. The molecule has 0 radical (unpaired) electrons. The van der Waals surface area contributed by atoms with Crippen LogP contribution in [0.1, 0.15) is 29.8 Å². The minimum atomic E-state index is -0.613. The van der Waals surface area contributed by atoms with Gasteiger partial charge in [-0.1, -0.05) is 11.6 Å². The van der Waals surface area contributed by atoms with Crippen LogP contribution in [0.4, 0.5) is 0 Å². The average Bonchev–Trinajstić information content (AvgIpc) is 2.30. The Morgan fingerprint density at radius 2 is 2.18 bits per heavy atom. The van der Waals surface area contributed by atoms with E-state index in [-0.39, 0.29) is 19.2 Å². The Kier molecular flexibility index (Phi) is 2.83. The van der Waals surface area contributed by atoms with Crippen molar-refractivity contribution in [3.63, 3.8) is 0 Å². The lowest BCUT2D eigenvalue weighted by Crippen LogP contribution is -2.53. The third-order valence-electron chi connectivity index (χ3n) is 3.08. The first kappa shape index (κ1) is 11.9. The van der Waals surface area contributed by atoms with Crippen molar-refractivity contribution in [2.24, 2.45) is 0 Å². The molecule has 92 valence electrons. The summed E-state index contributed by atoms with van der Waals surface area (Å²) in [5, 5.41) is 9.32. The minimum Gasteiger partial charge on any atom is -0.472 e. The molecule has 1 aliphatic rings. The number of carbonyl (C=O) groups excluding carboxylic acids is 1. The standard InChI is InChI=1S/C13H17NO3/c1-9-4-5-11-10(6-9)12(16)14(8-17-11)13(2,3)7-15/h4-6,15H,7-8H2,1-3H3. The van der Waals surface area contributed by atoms with E-state index in [0.29, 0.717) is 11.3 Å². The quantitative estimate of drug-likeness (QED) is 0.846. The van der Waals surface area contributed by atoms with E-state index >= 15 is 0 Å². The Morgan fingerprint density at radius 3 is 2.82 bits per heavy atom. The second-order valence-electron chi connectivity index (χ2n) is 4.98. The van der Waals surface area contributed by atoms with Gasteiger partial charge in [-0.15, -0.1) is 0 Å². The molecule has 0 aliphatic carbocycles. The number of aryl methyl sites for hydroxylation is 1. The summed E-state index contributed by atoms with van der Waals surface area (Å²) in [4.78, 5) is 13.9. The summed E-state index contributed by atoms with van der Waals surface area (Å²) < 4.78 is 5.54. The lowest BCUT2D eigenvalue weighted by molar-refractivity contribution is -0.000645. The van der Waals surface area contributed by atoms with Gasteiger partial charge >= 0.3 is 0 Å². The molecule has 0 spiro atoms. The fraction of sp³-hybridized carbons (Fsp3) is 0.462. The van der Waals surface area contributed by atoms with Crippen molar-refractivity contribution in [3.8, 4) is 5.75 Å². The number of carbonyl (C=O) groups is 1. The smallest absolute Gasteiger partial charge is 0.260 e. The van der Waals surface area contributed by atoms with Crippen LogP contribution < -0.4 is 4.74 Å². The van der Waals surface area contributed by atoms with Gasteiger partial charge in [0.1, 0.15) is 5.75 Å². The molecule has 1 aromatic rings. The summed E-state index contributed by atoms with van der Waals surface area (Å²) in [6.07, 6.45) is 0. The van der Waals surface area contributed by atoms with E-state index in [1.807, 2.05) is 39.0 Å². The van der Waals surface area contributed by atoms with Gasteiger partial charge in [0.05, 0.1) is 17.7 Å². The van der Waals surface area contributed by atoms with Crippen LogP contribution in [-0.2, 0) is 0 Å². The van der Waals surface area contributed by atoms with Crippen molar-refractivity contribution in [2.75, 3.05) is 13.3 Å². The van der Waals surface area contributed by atoms with Gasteiger partial charge in [-0.3, -0.25) is 9.69 Å². The zero-order valence-electron chi connectivity index (χ0n) is 10.4.